The van der Waals surface area contributed by atoms with Gasteiger partial charge >= 0.3 is 5.97 Å². The number of carbonyl (C=O) groups is 1. The van der Waals surface area contributed by atoms with Gasteiger partial charge in [0.15, 0.2) is 6.29 Å². The summed E-state index contributed by atoms with van der Waals surface area (Å²) >= 11 is 0. The van der Waals surface area contributed by atoms with E-state index in [4.69, 9.17) is 9.47 Å². The van der Waals surface area contributed by atoms with E-state index in [2.05, 4.69) is 4.90 Å². The number of aromatic carboxylic acids is 1. The Balaban J connectivity index is 1.18. The van der Waals surface area contributed by atoms with Gasteiger partial charge in [0, 0.05) is 50.3 Å². The Morgan fingerprint density at radius 3 is 2.44 bits per heavy atom. The van der Waals surface area contributed by atoms with Gasteiger partial charge in [-0.25, -0.2) is 9.18 Å². The quantitative estimate of drug-likeness (QED) is 0.255. The molecular formula is C26H34FN3O9. The molecule has 0 radical (unpaired) electrons. The monoisotopic (exact) mass is 551 g/mol. The molecule has 3 aliphatic rings. The van der Waals surface area contributed by atoms with Crippen LogP contribution in [0.2, 0.25) is 0 Å². The number of nitrogens with zero attached hydrogens (tertiary/aromatic N) is 3. The lowest BCUT2D eigenvalue weighted by atomic mass is 9.99. The van der Waals surface area contributed by atoms with E-state index in [1.165, 1.54) is 6.20 Å². The fourth-order valence-electron chi connectivity index (χ4n) is 5.31. The number of aliphatic hydroxyl groups excluding tert-OH is 4. The molecule has 1 aliphatic carbocycles. The first-order valence-corrected chi connectivity index (χ1v) is 13.2. The van der Waals surface area contributed by atoms with Gasteiger partial charge in [0.1, 0.15) is 35.8 Å². The summed E-state index contributed by atoms with van der Waals surface area (Å²) in [6.45, 7) is 2.79. The van der Waals surface area contributed by atoms with Crippen LogP contribution in [0.25, 0.3) is 10.9 Å². The molecule has 3 heterocycles. The Hall–Kier alpha value is -2.65. The van der Waals surface area contributed by atoms with Gasteiger partial charge in [-0.05, 0) is 31.4 Å². The SMILES string of the molecule is O=C(O)c1cn(C2CC2)c2cc(N3CCN(CCCOC4OC(CO)C(O)C(O)C4O)CC3)c(F)cc2c1=O. The molecule has 5 unspecified atom stereocenters. The minimum absolute atomic E-state index is 0.0705. The van der Waals surface area contributed by atoms with Crippen LogP contribution >= 0.6 is 0 Å². The maximum Gasteiger partial charge on any atom is 0.341 e. The predicted octanol–water partition coefficient (Wildman–Crippen LogP) is -0.498. The number of piperazine rings is 1. The molecule has 13 heteroatoms. The number of aromatic nitrogens is 1. The van der Waals surface area contributed by atoms with Crippen LogP contribution < -0.4 is 10.3 Å². The number of hydrogen-bond acceptors (Lipinski definition) is 10. The summed E-state index contributed by atoms with van der Waals surface area (Å²) in [6, 6.07) is 2.91. The summed E-state index contributed by atoms with van der Waals surface area (Å²) in [5.41, 5.74) is -0.122. The van der Waals surface area contributed by atoms with Crippen LogP contribution in [-0.2, 0) is 9.47 Å². The fourth-order valence-corrected chi connectivity index (χ4v) is 5.31. The molecule has 2 aromatic rings. The summed E-state index contributed by atoms with van der Waals surface area (Å²) < 4.78 is 27.9. The van der Waals surface area contributed by atoms with Crippen LogP contribution in [0, 0.1) is 5.82 Å². The standard InChI is InChI=1S/C26H34FN3O9/c27-17-10-15-18(30(14-2-3-14)12-16(21(15)32)25(36)37)11-19(17)29-7-5-28(6-8-29)4-1-9-38-26-24(35)23(34)22(33)20(13-31)39-26/h10-12,14,20,22-24,26,31,33-35H,1-9,13H2,(H,36,37). The second-order valence-electron chi connectivity index (χ2n) is 10.4. The lowest BCUT2D eigenvalue weighted by Crippen LogP contribution is -2.59. The van der Waals surface area contributed by atoms with Crippen LogP contribution in [-0.4, -0.2) is 118 Å². The lowest BCUT2D eigenvalue weighted by Gasteiger charge is -2.39. The third-order valence-corrected chi connectivity index (χ3v) is 7.73. The zero-order valence-electron chi connectivity index (χ0n) is 21.4. The van der Waals surface area contributed by atoms with Crippen LogP contribution in [0.5, 0.6) is 0 Å². The minimum atomic E-state index is -1.48. The molecule has 1 aromatic heterocycles. The van der Waals surface area contributed by atoms with Crippen molar-refractivity contribution < 1.29 is 44.2 Å². The molecule has 5 atom stereocenters. The largest absolute Gasteiger partial charge is 0.477 e. The Morgan fingerprint density at radius 1 is 1.08 bits per heavy atom. The summed E-state index contributed by atoms with van der Waals surface area (Å²) in [6.07, 6.45) is -2.81. The first-order valence-electron chi connectivity index (χ1n) is 13.2. The highest BCUT2D eigenvalue weighted by Gasteiger charge is 2.44. The number of rotatable bonds is 9. The number of fused-ring (bicyclic) bond motifs is 1. The molecule has 0 bridgehead atoms. The third kappa shape index (κ3) is 5.66. The minimum Gasteiger partial charge on any atom is -0.477 e. The van der Waals surface area contributed by atoms with E-state index in [-0.39, 0.29) is 23.6 Å². The average molecular weight is 552 g/mol. The first kappa shape index (κ1) is 27.9. The van der Waals surface area contributed by atoms with Crippen molar-refractivity contribution in [2.45, 2.75) is 56.0 Å². The predicted molar refractivity (Wildman–Crippen MR) is 136 cm³/mol. The van der Waals surface area contributed by atoms with Crippen molar-refractivity contribution in [2.75, 3.05) is 50.8 Å². The number of halogens is 1. The van der Waals surface area contributed by atoms with E-state index in [1.54, 1.807) is 10.6 Å². The van der Waals surface area contributed by atoms with E-state index in [9.17, 15) is 35.1 Å². The Kier molecular flexibility index (Phi) is 8.19. The summed E-state index contributed by atoms with van der Waals surface area (Å²) in [4.78, 5) is 28.4. The smallest absolute Gasteiger partial charge is 0.341 e. The molecule has 0 amide bonds. The Labute approximate surface area is 223 Å². The number of aliphatic hydroxyl groups is 4. The van der Waals surface area contributed by atoms with Crippen LogP contribution in [0.3, 0.4) is 0 Å². The number of benzene rings is 1. The molecule has 1 saturated carbocycles. The number of pyridine rings is 1. The number of carboxylic acids is 1. The lowest BCUT2D eigenvalue weighted by molar-refractivity contribution is -0.301. The maximum atomic E-state index is 15.2. The van der Waals surface area contributed by atoms with Crippen molar-refractivity contribution in [3.63, 3.8) is 0 Å². The van der Waals surface area contributed by atoms with Gasteiger partial charge in [0.25, 0.3) is 0 Å². The van der Waals surface area contributed by atoms with E-state index in [0.29, 0.717) is 50.3 Å². The summed E-state index contributed by atoms with van der Waals surface area (Å²) in [5, 5.41) is 48.6. The molecule has 1 aromatic carbocycles. The van der Waals surface area contributed by atoms with Crippen LogP contribution in [0.1, 0.15) is 35.7 Å². The van der Waals surface area contributed by atoms with Gasteiger partial charge in [-0.2, -0.15) is 0 Å². The van der Waals surface area contributed by atoms with Gasteiger partial charge in [-0.15, -0.1) is 0 Å². The zero-order chi connectivity index (χ0) is 27.8. The van der Waals surface area contributed by atoms with Crippen molar-refractivity contribution in [2.24, 2.45) is 0 Å². The third-order valence-electron chi connectivity index (χ3n) is 7.73. The number of anilines is 1. The summed E-state index contributed by atoms with van der Waals surface area (Å²) in [5.74, 6) is -1.89. The van der Waals surface area contributed by atoms with Crippen molar-refractivity contribution >= 4 is 22.6 Å². The zero-order valence-corrected chi connectivity index (χ0v) is 21.4. The van der Waals surface area contributed by atoms with Gasteiger partial charge in [0.05, 0.1) is 24.4 Å². The highest BCUT2D eigenvalue weighted by molar-refractivity contribution is 5.93. The van der Waals surface area contributed by atoms with Gasteiger partial charge in [-0.1, -0.05) is 0 Å². The highest BCUT2D eigenvalue weighted by atomic mass is 19.1. The Bertz CT molecular complexity index is 1260. The summed E-state index contributed by atoms with van der Waals surface area (Å²) in [7, 11) is 0. The van der Waals surface area contributed by atoms with E-state index in [0.717, 1.165) is 18.9 Å². The molecule has 2 aliphatic heterocycles. The average Bonchev–Trinajstić information content (AvgIpc) is 3.77. The molecule has 2 saturated heterocycles. The van der Waals surface area contributed by atoms with E-state index >= 15 is 4.39 Å². The molecule has 5 rings (SSSR count). The van der Waals surface area contributed by atoms with E-state index in [1.807, 2.05) is 4.90 Å². The molecule has 214 valence electrons. The topological polar surface area (TPSA) is 165 Å². The van der Waals surface area contributed by atoms with Crippen LogP contribution in [0.15, 0.2) is 23.1 Å². The normalized spacial score (nSPS) is 28.2. The van der Waals surface area contributed by atoms with Crippen molar-refractivity contribution in [1.29, 1.82) is 0 Å². The number of carboxylic acid groups (broad SMARTS) is 1. The van der Waals surface area contributed by atoms with Crippen molar-refractivity contribution in [3.05, 3.63) is 39.9 Å². The molecule has 5 N–H and O–H groups in total. The van der Waals surface area contributed by atoms with E-state index < -0.39 is 54.5 Å². The maximum absolute atomic E-state index is 15.2. The van der Waals surface area contributed by atoms with Crippen LogP contribution in [0.4, 0.5) is 10.1 Å². The van der Waals surface area contributed by atoms with Gasteiger partial charge < -0.3 is 44.5 Å². The van der Waals surface area contributed by atoms with Gasteiger partial charge in [0.2, 0.25) is 5.43 Å². The van der Waals surface area contributed by atoms with Gasteiger partial charge in [-0.3, -0.25) is 9.69 Å². The molecule has 3 fully saturated rings. The number of ether oxygens (including phenoxy) is 2. The fraction of sp³-hybridized carbons (Fsp3) is 0.615. The highest BCUT2D eigenvalue weighted by Crippen LogP contribution is 2.38. The molecular weight excluding hydrogens is 517 g/mol. The number of hydrogen-bond donors (Lipinski definition) is 5. The Morgan fingerprint density at radius 2 is 1.79 bits per heavy atom. The second-order valence-corrected chi connectivity index (χ2v) is 10.4. The second kappa shape index (κ2) is 11.5. The molecule has 0 spiro atoms. The van der Waals surface area contributed by atoms with Crippen molar-refractivity contribution in [3.8, 4) is 0 Å². The molecule has 12 nitrogen and oxygen atoms in total. The first-order chi connectivity index (χ1) is 18.7. The molecule has 39 heavy (non-hydrogen) atoms. The van der Waals surface area contributed by atoms with Crippen molar-refractivity contribution in [1.82, 2.24) is 9.47 Å².